The minimum absolute atomic E-state index is 0.105. The zero-order valence-corrected chi connectivity index (χ0v) is 13.3. The van der Waals surface area contributed by atoms with Crippen molar-refractivity contribution in [3.8, 4) is 11.5 Å². The molecule has 0 fully saturated rings. The maximum atomic E-state index is 6.38. The Bertz CT molecular complexity index is 636. The van der Waals surface area contributed by atoms with Gasteiger partial charge in [-0.2, -0.15) is 0 Å². The topological polar surface area (TPSA) is 21.7 Å². The van der Waals surface area contributed by atoms with Gasteiger partial charge in [0.2, 0.25) is 0 Å². The van der Waals surface area contributed by atoms with E-state index in [0.717, 1.165) is 31.0 Å². The van der Waals surface area contributed by atoms with Gasteiger partial charge in [0.05, 0.1) is 7.11 Å². The van der Waals surface area contributed by atoms with Crippen LogP contribution in [0, 0.1) is 5.92 Å². The van der Waals surface area contributed by atoms with Crippen molar-refractivity contribution in [1.82, 2.24) is 4.90 Å². The molecule has 0 radical (unpaired) electrons. The van der Waals surface area contributed by atoms with Crippen LogP contribution in [0.15, 0.2) is 23.8 Å². The lowest BCUT2D eigenvalue weighted by atomic mass is 9.67. The number of benzene rings is 1. The van der Waals surface area contributed by atoms with Gasteiger partial charge >= 0.3 is 0 Å². The molecule has 3 heteroatoms. The molecule has 1 aromatic carbocycles. The Balaban J connectivity index is 1.99. The summed E-state index contributed by atoms with van der Waals surface area (Å²) in [6.07, 6.45) is 3.65. The second-order valence-corrected chi connectivity index (χ2v) is 6.83. The molecule has 0 amide bonds. The monoisotopic (exact) mass is 285 g/mol. The van der Waals surface area contributed by atoms with Crippen molar-refractivity contribution < 1.29 is 9.47 Å². The van der Waals surface area contributed by atoms with Crippen molar-refractivity contribution >= 4 is 0 Å². The minimum atomic E-state index is 0.105. The van der Waals surface area contributed by atoms with Gasteiger partial charge in [0.15, 0.2) is 11.5 Å². The van der Waals surface area contributed by atoms with Gasteiger partial charge < -0.3 is 14.4 Å². The third-order valence-electron chi connectivity index (χ3n) is 5.86. The van der Waals surface area contributed by atoms with Crippen molar-refractivity contribution in [2.24, 2.45) is 5.92 Å². The van der Waals surface area contributed by atoms with Crippen molar-refractivity contribution in [1.29, 1.82) is 0 Å². The lowest BCUT2D eigenvalue weighted by Crippen LogP contribution is -2.40. The van der Waals surface area contributed by atoms with Crippen LogP contribution < -0.4 is 9.47 Å². The number of rotatable bonds is 1. The molecule has 0 saturated carbocycles. The highest BCUT2D eigenvalue weighted by Crippen LogP contribution is 2.60. The molecular weight excluding hydrogens is 262 g/mol. The molecule has 112 valence electrons. The Morgan fingerprint density at radius 2 is 2.19 bits per heavy atom. The molecule has 2 heterocycles. The Morgan fingerprint density at radius 1 is 1.38 bits per heavy atom. The number of methoxy groups -OCH3 is 1. The fourth-order valence-electron chi connectivity index (χ4n) is 4.56. The lowest BCUT2D eigenvalue weighted by Gasteiger charge is -2.34. The highest BCUT2D eigenvalue weighted by atomic mass is 16.5. The van der Waals surface area contributed by atoms with Gasteiger partial charge in [-0.15, -0.1) is 0 Å². The molecule has 0 saturated heterocycles. The molecule has 1 aromatic rings. The van der Waals surface area contributed by atoms with Crippen LogP contribution in [0.2, 0.25) is 0 Å². The first-order valence-electron chi connectivity index (χ1n) is 7.82. The van der Waals surface area contributed by atoms with Crippen LogP contribution in [0.25, 0.3) is 0 Å². The van der Waals surface area contributed by atoms with Crippen LogP contribution in [0.4, 0.5) is 0 Å². The third kappa shape index (κ3) is 1.53. The third-order valence-corrected chi connectivity index (χ3v) is 5.86. The fourth-order valence-corrected chi connectivity index (χ4v) is 4.56. The summed E-state index contributed by atoms with van der Waals surface area (Å²) in [5, 5.41) is 0. The summed E-state index contributed by atoms with van der Waals surface area (Å²) >= 11 is 0. The Labute approximate surface area is 126 Å². The van der Waals surface area contributed by atoms with E-state index in [1.54, 1.807) is 7.11 Å². The quantitative estimate of drug-likeness (QED) is 0.740. The van der Waals surface area contributed by atoms with E-state index in [2.05, 4.69) is 44.0 Å². The molecule has 0 N–H and O–H groups in total. The maximum Gasteiger partial charge on any atom is 0.166 e. The van der Waals surface area contributed by atoms with Crippen molar-refractivity contribution in [2.75, 3.05) is 20.7 Å². The minimum Gasteiger partial charge on any atom is -0.493 e. The number of nitrogens with zero attached hydrogens (tertiary/aromatic N) is 1. The molecule has 3 atom stereocenters. The number of hydrogen-bond acceptors (Lipinski definition) is 3. The van der Waals surface area contributed by atoms with Gasteiger partial charge in [0.1, 0.15) is 6.10 Å². The molecule has 1 spiro atoms. The predicted octanol–water partition coefficient (Wildman–Crippen LogP) is 3.13. The molecule has 3 nitrogen and oxygen atoms in total. The SMILES string of the molecule is COc1ccc2c3c1OC1C=C(C)C(C)C31CCN(C)C2. The summed E-state index contributed by atoms with van der Waals surface area (Å²) in [4.78, 5) is 2.42. The summed E-state index contributed by atoms with van der Waals surface area (Å²) in [6.45, 7) is 6.71. The highest BCUT2D eigenvalue weighted by Gasteiger charge is 2.57. The molecule has 0 aromatic heterocycles. The van der Waals surface area contributed by atoms with Gasteiger partial charge in [0.25, 0.3) is 0 Å². The molecule has 2 aliphatic heterocycles. The number of allylic oxidation sites excluding steroid dienone is 1. The standard InChI is InChI=1S/C18H23NO2/c1-11-9-15-18(12(11)2)7-8-19(3)10-13-5-6-14(20-4)17(21-15)16(13)18/h5-6,9,12,15H,7-8,10H2,1-4H3. The molecule has 3 unspecified atom stereocenters. The van der Waals surface area contributed by atoms with E-state index < -0.39 is 0 Å². The van der Waals surface area contributed by atoms with E-state index in [1.807, 2.05) is 0 Å². The fraction of sp³-hybridized carbons (Fsp3) is 0.556. The van der Waals surface area contributed by atoms with E-state index in [1.165, 1.54) is 16.7 Å². The normalized spacial score (nSPS) is 33.8. The van der Waals surface area contributed by atoms with E-state index >= 15 is 0 Å². The molecule has 0 bridgehead atoms. The largest absolute Gasteiger partial charge is 0.493 e. The molecule has 3 aliphatic rings. The molecule has 4 rings (SSSR count). The van der Waals surface area contributed by atoms with Crippen molar-refractivity contribution in [2.45, 2.75) is 38.3 Å². The zero-order chi connectivity index (χ0) is 14.8. The first-order chi connectivity index (χ1) is 10.1. The van der Waals surface area contributed by atoms with Gasteiger partial charge in [-0.3, -0.25) is 0 Å². The average Bonchev–Trinajstić information content (AvgIpc) is 2.83. The van der Waals surface area contributed by atoms with Crippen LogP contribution >= 0.6 is 0 Å². The number of hydrogen-bond donors (Lipinski definition) is 0. The van der Waals surface area contributed by atoms with Crippen LogP contribution in [-0.2, 0) is 12.0 Å². The predicted molar refractivity (Wildman–Crippen MR) is 83.0 cm³/mol. The summed E-state index contributed by atoms with van der Waals surface area (Å²) in [7, 11) is 3.94. The van der Waals surface area contributed by atoms with Crippen molar-refractivity contribution in [3.05, 3.63) is 34.9 Å². The summed E-state index contributed by atoms with van der Waals surface area (Å²) in [5.74, 6) is 2.40. The molecular formula is C18H23NO2. The zero-order valence-electron chi connectivity index (χ0n) is 13.3. The Morgan fingerprint density at radius 3 is 2.95 bits per heavy atom. The van der Waals surface area contributed by atoms with Crippen LogP contribution in [0.3, 0.4) is 0 Å². The first kappa shape index (κ1) is 13.2. The first-order valence-corrected chi connectivity index (χ1v) is 7.82. The summed E-state index contributed by atoms with van der Waals surface area (Å²) in [6, 6.07) is 4.29. The van der Waals surface area contributed by atoms with E-state index in [-0.39, 0.29) is 11.5 Å². The van der Waals surface area contributed by atoms with Crippen LogP contribution in [-0.4, -0.2) is 31.7 Å². The van der Waals surface area contributed by atoms with Gasteiger partial charge in [-0.1, -0.05) is 18.6 Å². The van der Waals surface area contributed by atoms with Gasteiger partial charge in [0, 0.05) is 17.5 Å². The molecule has 21 heavy (non-hydrogen) atoms. The Hall–Kier alpha value is -1.48. The van der Waals surface area contributed by atoms with Crippen LogP contribution in [0.1, 0.15) is 31.4 Å². The molecule has 1 aliphatic carbocycles. The van der Waals surface area contributed by atoms with Crippen LogP contribution in [0.5, 0.6) is 11.5 Å². The van der Waals surface area contributed by atoms with E-state index in [9.17, 15) is 0 Å². The van der Waals surface area contributed by atoms with Crippen molar-refractivity contribution in [3.63, 3.8) is 0 Å². The average molecular weight is 285 g/mol. The van der Waals surface area contributed by atoms with E-state index in [4.69, 9.17) is 9.47 Å². The Kier molecular flexibility index (Phi) is 2.68. The lowest BCUT2D eigenvalue weighted by molar-refractivity contribution is 0.154. The second kappa shape index (κ2) is 4.26. The smallest absolute Gasteiger partial charge is 0.166 e. The number of ether oxygens (including phenoxy) is 2. The summed E-state index contributed by atoms with van der Waals surface area (Å²) < 4.78 is 11.9. The summed E-state index contributed by atoms with van der Waals surface area (Å²) in [5.41, 5.74) is 4.39. The maximum absolute atomic E-state index is 6.38. The highest BCUT2D eigenvalue weighted by molar-refractivity contribution is 5.61. The second-order valence-electron chi connectivity index (χ2n) is 6.83. The van der Waals surface area contributed by atoms with E-state index in [0.29, 0.717) is 5.92 Å². The van der Waals surface area contributed by atoms with Gasteiger partial charge in [-0.25, -0.2) is 0 Å². The van der Waals surface area contributed by atoms with Gasteiger partial charge in [-0.05, 0) is 50.6 Å².